The first-order chi connectivity index (χ1) is 10.0. The molecule has 2 rings (SSSR count). The number of carbonyl (C=O) groups is 2. The number of hydrogen-bond acceptors (Lipinski definition) is 3. The fraction of sp³-hybridized carbons (Fsp3) is 0.875. The van der Waals surface area contributed by atoms with Crippen LogP contribution in [-0.2, 0) is 9.59 Å². The van der Waals surface area contributed by atoms with Gasteiger partial charge in [-0.3, -0.25) is 9.59 Å². The Morgan fingerprint density at radius 1 is 1.38 bits per heavy atom. The first kappa shape index (κ1) is 16.3. The third kappa shape index (κ3) is 4.19. The van der Waals surface area contributed by atoms with Gasteiger partial charge in [-0.25, -0.2) is 0 Å². The molecule has 120 valence electrons. The Kier molecular flexibility index (Phi) is 5.62. The van der Waals surface area contributed by atoms with E-state index in [4.69, 9.17) is 5.73 Å². The maximum absolute atomic E-state index is 12.3. The predicted octanol–water partition coefficient (Wildman–Crippen LogP) is 1.41. The molecule has 0 aromatic carbocycles. The normalized spacial score (nSPS) is 31.3. The number of rotatable bonds is 5. The zero-order valence-electron chi connectivity index (χ0n) is 13.3. The lowest BCUT2D eigenvalue weighted by molar-refractivity contribution is -0.130. The summed E-state index contributed by atoms with van der Waals surface area (Å²) in [6.07, 6.45) is 6.31. The summed E-state index contributed by atoms with van der Waals surface area (Å²) >= 11 is 0. The van der Waals surface area contributed by atoms with Crippen LogP contribution in [0.1, 0.15) is 58.8 Å². The molecular weight excluding hydrogens is 266 g/mol. The van der Waals surface area contributed by atoms with Crippen LogP contribution in [0.3, 0.4) is 0 Å². The molecule has 0 radical (unpaired) electrons. The Morgan fingerprint density at radius 3 is 2.67 bits per heavy atom. The Balaban J connectivity index is 1.82. The van der Waals surface area contributed by atoms with E-state index in [9.17, 15) is 9.59 Å². The Bertz CT molecular complexity index is 378. The lowest BCUT2D eigenvalue weighted by Gasteiger charge is -2.28. The molecule has 1 saturated carbocycles. The topological polar surface area (TPSA) is 75.4 Å². The van der Waals surface area contributed by atoms with E-state index < -0.39 is 0 Å². The molecule has 1 aliphatic heterocycles. The van der Waals surface area contributed by atoms with E-state index in [-0.39, 0.29) is 35.9 Å². The quantitative estimate of drug-likeness (QED) is 0.805. The van der Waals surface area contributed by atoms with Crippen molar-refractivity contribution < 1.29 is 9.59 Å². The summed E-state index contributed by atoms with van der Waals surface area (Å²) < 4.78 is 0. The molecule has 5 nitrogen and oxygen atoms in total. The molecule has 0 spiro atoms. The second-order valence-corrected chi connectivity index (χ2v) is 6.71. The van der Waals surface area contributed by atoms with Gasteiger partial charge in [-0.15, -0.1) is 0 Å². The zero-order chi connectivity index (χ0) is 15.4. The second-order valence-electron chi connectivity index (χ2n) is 6.71. The van der Waals surface area contributed by atoms with Gasteiger partial charge in [-0.1, -0.05) is 13.3 Å². The highest BCUT2D eigenvalue weighted by Crippen LogP contribution is 2.23. The molecule has 3 N–H and O–H groups in total. The predicted molar refractivity (Wildman–Crippen MR) is 82.6 cm³/mol. The average Bonchev–Trinajstić information content (AvgIpc) is 2.84. The van der Waals surface area contributed by atoms with Crippen molar-refractivity contribution in [3.8, 4) is 0 Å². The average molecular weight is 295 g/mol. The molecule has 0 aromatic rings. The monoisotopic (exact) mass is 295 g/mol. The molecule has 2 aliphatic rings. The number of carbonyl (C=O) groups excluding carboxylic acids is 2. The van der Waals surface area contributed by atoms with Crippen molar-refractivity contribution in [3.05, 3.63) is 0 Å². The number of nitrogens with two attached hydrogens (primary N) is 1. The van der Waals surface area contributed by atoms with Crippen LogP contribution in [0.25, 0.3) is 0 Å². The largest absolute Gasteiger partial charge is 0.353 e. The number of nitrogens with zero attached hydrogens (tertiary/aromatic N) is 1. The van der Waals surface area contributed by atoms with E-state index in [1.54, 1.807) is 0 Å². The number of likely N-dealkylation sites (tertiary alicyclic amines) is 1. The minimum Gasteiger partial charge on any atom is -0.353 e. The van der Waals surface area contributed by atoms with Crippen LogP contribution in [0.2, 0.25) is 0 Å². The van der Waals surface area contributed by atoms with Crippen LogP contribution < -0.4 is 11.1 Å². The van der Waals surface area contributed by atoms with Gasteiger partial charge in [0.2, 0.25) is 11.8 Å². The Morgan fingerprint density at radius 2 is 2.05 bits per heavy atom. The standard InChI is InChI=1S/C16H29N3O2/c1-3-4-11(2)19-10-12(9-15(19)20)16(21)18-14-7-5-13(17)6-8-14/h11-14H,3-10,17H2,1-2H3,(H,18,21). The molecule has 1 saturated heterocycles. The summed E-state index contributed by atoms with van der Waals surface area (Å²) in [7, 11) is 0. The molecule has 1 heterocycles. The van der Waals surface area contributed by atoms with E-state index in [1.165, 1.54) is 0 Å². The second kappa shape index (κ2) is 7.25. The molecule has 0 aromatic heterocycles. The van der Waals surface area contributed by atoms with Crippen molar-refractivity contribution in [3.63, 3.8) is 0 Å². The molecular formula is C16H29N3O2. The van der Waals surface area contributed by atoms with E-state index in [1.807, 2.05) is 4.90 Å². The maximum Gasteiger partial charge on any atom is 0.225 e. The Hall–Kier alpha value is -1.10. The number of nitrogens with one attached hydrogen (secondary N) is 1. The van der Waals surface area contributed by atoms with Gasteiger partial charge in [0.1, 0.15) is 0 Å². The van der Waals surface area contributed by atoms with Crippen LogP contribution in [0.5, 0.6) is 0 Å². The van der Waals surface area contributed by atoms with Gasteiger partial charge < -0.3 is 16.0 Å². The van der Waals surface area contributed by atoms with Gasteiger partial charge in [0.05, 0.1) is 5.92 Å². The first-order valence-electron chi connectivity index (χ1n) is 8.36. The van der Waals surface area contributed by atoms with Crippen molar-refractivity contribution in [2.24, 2.45) is 11.7 Å². The summed E-state index contributed by atoms with van der Waals surface area (Å²) in [5, 5.41) is 3.12. The van der Waals surface area contributed by atoms with E-state index in [0.717, 1.165) is 38.5 Å². The van der Waals surface area contributed by atoms with Crippen LogP contribution in [-0.4, -0.2) is 41.4 Å². The van der Waals surface area contributed by atoms with E-state index in [2.05, 4.69) is 19.2 Å². The molecule has 2 unspecified atom stereocenters. The van der Waals surface area contributed by atoms with Crippen molar-refractivity contribution in [1.82, 2.24) is 10.2 Å². The maximum atomic E-state index is 12.3. The highest BCUT2D eigenvalue weighted by atomic mass is 16.2. The van der Waals surface area contributed by atoms with E-state index in [0.29, 0.717) is 13.0 Å². The summed E-state index contributed by atoms with van der Waals surface area (Å²) in [5.74, 6) is 0.00388. The molecule has 21 heavy (non-hydrogen) atoms. The Labute approximate surface area is 127 Å². The number of hydrogen-bond donors (Lipinski definition) is 2. The minimum absolute atomic E-state index is 0.0509. The van der Waals surface area contributed by atoms with Crippen LogP contribution in [0.4, 0.5) is 0 Å². The lowest BCUT2D eigenvalue weighted by Crippen LogP contribution is -2.43. The molecule has 5 heteroatoms. The van der Waals surface area contributed by atoms with Gasteiger partial charge in [0.25, 0.3) is 0 Å². The van der Waals surface area contributed by atoms with Crippen molar-refractivity contribution in [2.45, 2.75) is 76.9 Å². The molecule has 2 atom stereocenters. The third-order valence-corrected chi connectivity index (χ3v) is 4.89. The summed E-state index contributed by atoms with van der Waals surface area (Å²) in [6.45, 7) is 4.78. The summed E-state index contributed by atoms with van der Waals surface area (Å²) in [4.78, 5) is 26.3. The smallest absolute Gasteiger partial charge is 0.225 e. The van der Waals surface area contributed by atoms with Crippen molar-refractivity contribution >= 4 is 11.8 Å². The van der Waals surface area contributed by atoms with Crippen molar-refractivity contribution in [2.75, 3.05) is 6.54 Å². The van der Waals surface area contributed by atoms with Gasteiger partial charge in [0.15, 0.2) is 0 Å². The highest BCUT2D eigenvalue weighted by Gasteiger charge is 2.37. The first-order valence-corrected chi connectivity index (χ1v) is 8.36. The van der Waals surface area contributed by atoms with Gasteiger partial charge in [0, 0.05) is 31.1 Å². The SMILES string of the molecule is CCCC(C)N1CC(C(=O)NC2CCC(N)CC2)CC1=O. The van der Waals surface area contributed by atoms with Crippen LogP contribution >= 0.6 is 0 Å². The fourth-order valence-corrected chi connectivity index (χ4v) is 3.49. The van der Waals surface area contributed by atoms with Crippen LogP contribution in [0.15, 0.2) is 0 Å². The van der Waals surface area contributed by atoms with E-state index >= 15 is 0 Å². The lowest BCUT2D eigenvalue weighted by atomic mass is 9.91. The number of amides is 2. The highest BCUT2D eigenvalue weighted by molar-refractivity contribution is 5.89. The van der Waals surface area contributed by atoms with Gasteiger partial charge >= 0.3 is 0 Å². The summed E-state index contributed by atoms with van der Waals surface area (Å²) in [5.41, 5.74) is 5.88. The summed E-state index contributed by atoms with van der Waals surface area (Å²) in [6, 6.07) is 0.777. The van der Waals surface area contributed by atoms with Gasteiger partial charge in [-0.2, -0.15) is 0 Å². The van der Waals surface area contributed by atoms with Crippen LogP contribution in [0, 0.1) is 5.92 Å². The third-order valence-electron chi connectivity index (χ3n) is 4.89. The fourth-order valence-electron chi connectivity index (χ4n) is 3.49. The molecule has 2 fully saturated rings. The van der Waals surface area contributed by atoms with Crippen molar-refractivity contribution in [1.29, 1.82) is 0 Å². The van der Waals surface area contributed by atoms with Gasteiger partial charge in [-0.05, 0) is 39.0 Å². The zero-order valence-corrected chi connectivity index (χ0v) is 13.3. The molecule has 0 bridgehead atoms. The molecule has 1 aliphatic carbocycles. The minimum atomic E-state index is -0.174. The molecule has 2 amide bonds.